The van der Waals surface area contributed by atoms with E-state index in [1.54, 1.807) is 25.1 Å². The molecule has 0 saturated heterocycles. The summed E-state index contributed by atoms with van der Waals surface area (Å²) < 4.78 is 5.69. The Bertz CT molecular complexity index is 622. The smallest absolute Gasteiger partial charge is 0.241 e. The molecule has 0 atom stereocenters. The summed E-state index contributed by atoms with van der Waals surface area (Å²) in [6.45, 7) is 4.85. The Hall–Kier alpha value is -2.50. The van der Waals surface area contributed by atoms with Crippen molar-refractivity contribution in [2.24, 2.45) is 4.99 Å². The minimum absolute atomic E-state index is 0.0145. The molecule has 1 amide bonds. The number of likely N-dealkylation sites (N-methyl/N-ethyl adjacent to an activating group) is 1. The molecule has 0 heterocycles. The van der Waals surface area contributed by atoms with Gasteiger partial charge < -0.3 is 20.3 Å². The molecule has 1 aliphatic rings. The van der Waals surface area contributed by atoms with E-state index in [1.807, 2.05) is 24.3 Å². The zero-order valence-electron chi connectivity index (χ0n) is 15.8. The fourth-order valence-electron chi connectivity index (χ4n) is 2.82. The van der Waals surface area contributed by atoms with Crippen LogP contribution in [0.4, 0.5) is 0 Å². The van der Waals surface area contributed by atoms with Crippen LogP contribution in [0.15, 0.2) is 41.9 Å². The largest absolute Gasteiger partial charge is 0.489 e. The molecule has 0 spiro atoms. The summed E-state index contributed by atoms with van der Waals surface area (Å²) >= 11 is 0. The molecular weight excluding hydrogens is 328 g/mol. The molecule has 6 nitrogen and oxygen atoms in total. The first-order valence-electron chi connectivity index (χ1n) is 9.16. The van der Waals surface area contributed by atoms with Crippen molar-refractivity contribution in [3.05, 3.63) is 42.5 Å². The van der Waals surface area contributed by atoms with E-state index in [4.69, 9.17) is 4.74 Å². The second-order valence-electron chi connectivity index (χ2n) is 6.64. The molecule has 6 heteroatoms. The summed E-state index contributed by atoms with van der Waals surface area (Å²) in [5.74, 6) is 1.49. The quantitative estimate of drug-likeness (QED) is 0.425. The van der Waals surface area contributed by atoms with Crippen molar-refractivity contribution in [2.75, 3.05) is 27.2 Å². The van der Waals surface area contributed by atoms with Crippen molar-refractivity contribution in [1.29, 1.82) is 0 Å². The molecule has 0 unspecified atom stereocenters. The maximum absolute atomic E-state index is 11.9. The highest BCUT2D eigenvalue weighted by atomic mass is 16.5. The van der Waals surface area contributed by atoms with Gasteiger partial charge >= 0.3 is 0 Å². The van der Waals surface area contributed by atoms with Crippen LogP contribution in [-0.2, 0) is 11.3 Å². The monoisotopic (exact) mass is 358 g/mol. The molecule has 0 radical (unpaired) electrons. The Labute approximate surface area is 156 Å². The average molecular weight is 358 g/mol. The zero-order chi connectivity index (χ0) is 18.8. The van der Waals surface area contributed by atoms with Crippen LogP contribution >= 0.6 is 0 Å². The highest BCUT2D eigenvalue weighted by molar-refractivity contribution is 5.86. The molecule has 0 aliphatic heterocycles. The molecule has 1 aromatic carbocycles. The number of para-hydroxylation sites is 1. The Morgan fingerprint density at radius 3 is 2.77 bits per heavy atom. The summed E-state index contributed by atoms with van der Waals surface area (Å²) in [7, 11) is 3.50. The number of aliphatic imine (C=N–C) groups is 1. The molecule has 142 valence electrons. The standard InChI is InChI=1S/C20H30N4O2/c1-4-13-26-18-12-8-5-9-16(18)14-21-20(22-15-19(25)24(2)3)23-17-10-6-7-11-17/h4-5,8-9,12,17H,1,6-7,10-11,13-15H2,2-3H3,(H2,21,22,23). The zero-order valence-corrected chi connectivity index (χ0v) is 15.8. The normalized spacial score (nSPS) is 14.8. The molecule has 0 bridgehead atoms. The predicted molar refractivity (Wildman–Crippen MR) is 105 cm³/mol. The van der Waals surface area contributed by atoms with Gasteiger partial charge in [-0.2, -0.15) is 0 Å². The van der Waals surface area contributed by atoms with Gasteiger partial charge in [0.1, 0.15) is 12.4 Å². The lowest BCUT2D eigenvalue weighted by molar-refractivity contribution is -0.127. The summed E-state index contributed by atoms with van der Waals surface area (Å²) in [4.78, 5) is 18.1. The first kappa shape index (κ1) is 19.8. The summed E-state index contributed by atoms with van der Waals surface area (Å²) in [6, 6.07) is 8.26. The number of nitrogens with zero attached hydrogens (tertiary/aromatic N) is 2. The Morgan fingerprint density at radius 1 is 1.35 bits per heavy atom. The van der Waals surface area contributed by atoms with Crippen LogP contribution in [0, 0.1) is 0 Å². The Morgan fingerprint density at radius 2 is 2.08 bits per heavy atom. The van der Waals surface area contributed by atoms with Crippen molar-refractivity contribution in [3.63, 3.8) is 0 Å². The number of carbonyl (C=O) groups excluding carboxylic acids is 1. The van der Waals surface area contributed by atoms with Gasteiger partial charge in [-0.15, -0.1) is 0 Å². The maximum atomic E-state index is 11.9. The molecule has 2 rings (SSSR count). The highest BCUT2D eigenvalue weighted by Crippen LogP contribution is 2.19. The second kappa shape index (κ2) is 10.5. The van der Waals surface area contributed by atoms with E-state index in [9.17, 15) is 4.79 Å². The van der Waals surface area contributed by atoms with Crippen LogP contribution in [-0.4, -0.2) is 50.1 Å². The minimum atomic E-state index is 0.0145. The summed E-state index contributed by atoms with van der Waals surface area (Å²) in [5, 5.41) is 6.61. The fourth-order valence-corrected chi connectivity index (χ4v) is 2.82. The van der Waals surface area contributed by atoms with E-state index in [2.05, 4.69) is 22.2 Å². The number of rotatable bonds is 8. The first-order valence-corrected chi connectivity index (χ1v) is 9.16. The van der Waals surface area contributed by atoms with Crippen LogP contribution in [0.3, 0.4) is 0 Å². The van der Waals surface area contributed by atoms with E-state index in [1.165, 1.54) is 12.8 Å². The molecule has 1 saturated carbocycles. The van der Waals surface area contributed by atoms with Crippen molar-refractivity contribution in [2.45, 2.75) is 38.3 Å². The number of hydrogen-bond acceptors (Lipinski definition) is 3. The third-order valence-electron chi connectivity index (χ3n) is 4.34. The third kappa shape index (κ3) is 6.43. The number of hydrogen-bond donors (Lipinski definition) is 2. The van der Waals surface area contributed by atoms with Crippen molar-refractivity contribution < 1.29 is 9.53 Å². The van der Waals surface area contributed by atoms with E-state index in [0.29, 0.717) is 25.2 Å². The number of guanidine groups is 1. The maximum Gasteiger partial charge on any atom is 0.241 e. The second-order valence-corrected chi connectivity index (χ2v) is 6.64. The van der Waals surface area contributed by atoms with E-state index in [0.717, 1.165) is 24.2 Å². The molecule has 2 N–H and O–H groups in total. The lowest BCUT2D eigenvalue weighted by Gasteiger charge is -2.18. The lowest BCUT2D eigenvalue weighted by atomic mass is 10.2. The number of amides is 1. The number of benzene rings is 1. The van der Waals surface area contributed by atoms with Crippen molar-refractivity contribution in [1.82, 2.24) is 15.5 Å². The van der Waals surface area contributed by atoms with Crippen molar-refractivity contribution in [3.8, 4) is 5.75 Å². The van der Waals surface area contributed by atoms with Crippen LogP contribution in [0.1, 0.15) is 31.2 Å². The van der Waals surface area contributed by atoms with E-state index < -0.39 is 0 Å². The van der Waals surface area contributed by atoms with Crippen LogP contribution < -0.4 is 15.4 Å². The number of ether oxygens (including phenoxy) is 1. The van der Waals surface area contributed by atoms with Gasteiger partial charge in [-0.25, -0.2) is 4.99 Å². The number of nitrogens with one attached hydrogen (secondary N) is 2. The molecule has 0 aromatic heterocycles. The average Bonchev–Trinajstić information content (AvgIpc) is 3.15. The Kier molecular flexibility index (Phi) is 7.99. The van der Waals surface area contributed by atoms with E-state index in [-0.39, 0.29) is 12.5 Å². The summed E-state index contributed by atoms with van der Waals surface area (Å²) in [5.41, 5.74) is 1.00. The third-order valence-corrected chi connectivity index (χ3v) is 4.34. The Balaban J connectivity index is 2.05. The van der Waals surface area contributed by atoms with Gasteiger partial charge in [0, 0.05) is 25.7 Å². The minimum Gasteiger partial charge on any atom is -0.489 e. The van der Waals surface area contributed by atoms with Gasteiger partial charge in [0.25, 0.3) is 0 Å². The fraction of sp³-hybridized carbons (Fsp3) is 0.500. The first-order chi connectivity index (χ1) is 12.6. The molecular formula is C20H30N4O2. The summed E-state index contributed by atoms with van der Waals surface area (Å²) in [6.07, 6.45) is 6.48. The van der Waals surface area contributed by atoms with Gasteiger partial charge in [-0.3, -0.25) is 4.79 Å². The van der Waals surface area contributed by atoms with Crippen LogP contribution in [0.5, 0.6) is 5.75 Å². The van der Waals surface area contributed by atoms with Crippen LogP contribution in [0.25, 0.3) is 0 Å². The van der Waals surface area contributed by atoms with Gasteiger partial charge in [0.2, 0.25) is 5.91 Å². The molecule has 1 aromatic rings. The predicted octanol–water partition coefficient (Wildman–Crippen LogP) is 2.32. The van der Waals surface area contributed by atoms with Crippen LogP contribution in [0.2, 0.25) is 0 Å². The lowest BCUT2D eigenvalue weighted by Crippen LogP contribution is -2.46. The number of carbonyl (C=O) groups is 1. The van der Waals surface area contributed by atoms with Gasteiger partial charge in [0.05, 0.1) is 13.1 Å². The van der Waals surface area contributed by atoms with Gasteiger partial charge in [-0.1, -0.05) is 43.7 Å². The van der Waals surface area contributed by atoms with E-state index >= 15 is 0 Å². The molecule has 1 aliphatic carbocycles. The SMILES string of the molecule is C=CCOc1ccccc1CN=C(NCC(=O)N(C)C)NC1CCCC1. The highest BCUT2D eigenvalue weighted by Gasteiger charge is 2.17. The van der Waals surface area contributed by atoms with Crippen molar-refractivity contribution >= 4 is 11.9 Å². The topological polar surface area (TPSA) is 66.0 Å². The molecule has 1 fully saturated rings. The van der Waals surface area contributed by atoms with Gasteiger partial charge in [0.15, 0.2) is 5.96 Å². The molecule has 26 heavy (non-hydrogen) atoms. The van der Waals surface area contributed by atoms with Gasteiger partial charge in [-0.05, 0) is 18.9 Å².